The summed E-state index contributed by atoms with van der Waals surface area (Å²) in [5.41, 5.74) is 3.15. The Morgan fingerprint density at radius 3 is 2.90 bits per heavy atom. The van der Waals surface area contributed by atoms with Crippen molar-refractivity contribution in [2.75, 3.05) is 0 Å². The van der Waals surface area contributed by atoms with Crippen molar-refractivity contribution in [3.05, 3.63) is 29.2 Å². The van der Waals surface area contributed by atoms with Gasteiger partial charge < -0.3 is 14.1 Å². The van der Waals surface area contributed by atoms with E-state index >= 15 is 0 Å². The van der Waals surface area contributed by atoms with Crippen LogP contribution in [0.4, 0.5) is 0 Å². The molecule has 0 aliphatic carbocycles. The number of imidazole rings is 2. The number of rotatable bonds is 5. The van der Waals surface area contributed by atoms with Crippen molar-refractivity contribution in [3.8, 4) is 0 Å². The zero-order valence-corrected chi connectivity index (χ0v) is 12.5. The molecule has 0 saturated heterocycles. The number of hydrogen-bond donors (Lipinski definition) is 1. The molecule has 7 heteroatoms. The molecule has 0 aliphatic rings. The highest BCUT2D eigenvalue weighted by Gasteiger charge is 2.13. The SMILES string of the molecule is CCn1nc(C)c2[nH]c(=S)n(CCCn3ccnc3)c21. The lowest BCUT2D eigenvalue weighted by molar-refractivity contribution is 0.552. The quantitative estimate of drug-likeness (QED) is 0.735. The molecule has 3 heterocycles. The van der Waals surface area contributed by atoms with Crippen molar-refractivity contribution < 1.29 is 0 Å². The number of aryl methyl sites for hydroxylation is 4. The fourth-order valence-corrected chi connectivity index (χ4v) is 2.80. The van der Waals surface area contributed by atoms with E-state index in [-0.39, 0.29) is 0 Å². The van der Waals surface area contributed by atoms with Gasteiger partial charge in [0.15, 0.2) is 10.4 Å². The van der Waals surface area contributed by atoms with Crippen LogP contribution in [0.3, 0.4) is 0 Å². The van der Waals surface area contributed by atoms with Crippen molar-refractivity contribution in [1.29, 1.82) is 0 Å². The molecule has 3 rings (SSSR count). The Hall–Kier alpha value is -1.89. The first-order chi connectivity index (χ1) is 9.70. The molecule has 0 atom stereocenters. The molecule has 6 nitrogen and oxygen atoms in total. The number of H-pyrrole nitrogens is 1. The van der Waals surface area contributed by atoms with E-state index in [0.717, 1.165) is 47.7 Å². The second-order valence-corrected chi connectivity index (χ2v) is 5.22. The normalized spacial score (nSPS) is 11.5. The summed E-state index contributed by atoms with van der Waals surface area (Å²) < 4.78 is 7.00. The third-order valence-electron chi connectivity index (χ3n) is 3.49. The zero-order chi connectivity index (χ0) is 14.1. The zero-order valence-electron chi connectivity index (χ0n) is 11.7. The fourth-order valence-electron chi connectivity index (χ4n) is 2.52. The van der Waals surface area contributed by atoms with E-state index in [9.17, 15) is 0 Å². The van der Waals surface area contributed by atoms with E-state index in [1.807, 2.05) is 24.1 Å². The average molecular weight is 290 g/mol. The van der Waals surface area contributed by atoms with E-state index in [2.05, 4.69) is 31.1 Å². The van der Waals surface area contributed by atoms with Gasteiger partial charge in [-0.2, -0.15) is 5.10 Å². The van der Waals surface area contributed by atoms with Crippen molar-refractivity contribution in [2.45, 2.75) is 39.9 Å². The third kappa shape index (κ3) is 2.18. The fraction of sp³-hybridized carbons (Fsp3) is 0.462. The molecule has 0 spiro atoms. The molecule has 0 unspecified atom stereocenters. The summed E-state index contributed by atoms with van der Waals surface area (Å²) in [7, 11) is 0. The average Bonchev–Trinajstić information content (AvgIpc) is 3.11. The van der Waals surface area contributed by atoms with Crippen LogP contribution in [0, 0.1) is 11.7 Å². The van der Waals surface area contributed by atoms with E-state index in [1.54, 1.807) is 6.20 Å². The van der Waals surface area contributed by atoms with Crippen LogP contribution in [0.25, 0.3) is 11.2 Å². The van der Waals surface area contributed by atoms with Gasteiger partial charge in [-0.1, -0.05) is 0 Å². The minimum atomic E-state index is 0.772. The minimum Gasteiger partial charge on any atom is -0.337 e. The first-order valence-corrected chi connectivity index (χ1v) is 7.23. The summed E-state index contributed by atoms with van der Waals surface area (Å²) in [6.07, 6.45) is 6.63. The number of nitrogens with one attached hydrogen (secondary N) is 1. The van der Waals surface area contributed by atoms with Gasteiger partial charge in [0.1, 0.15) is 5.52 Å². The Kier molecular flexibility index (Phi) is 3.43. The van der Waals surface area contributed by atoms with Crippen molar-refractivity contribution >= 4 is 23.4 Å². The first-order valence-electron chi connectivity index (χ1n) is 6.82. The summed E-state index contributed by atoms with van der Waals surface area (Å²) >= 11 is 5.43. The Balaban J connectivity index is 1.86. The van der Waals surface area contributed by atoms with E-state index in [4.69, 9.17) is 12.2 Å². The predicted octanol–water partition coefficient (Wildman–Crippen LogP) is 2.51. The summed E-state index contributed by atoms with van der Waals surface area (Å²) in [4.78, 5) is 7.32. The first kappa shape index (κ1) is 13.1. The van der Waals surface area contributed by atoms with Gasteiger partial charge in [0.2, 0.25) is 0 Å². The molecule has 106 valence electrons. The lowest BCUT2D eigenvalue weighted by Crippen LogP contribution is -2.07. The Morgan fingerprint density at radius 2 is 2.20 bits per heavy atom. The van der Waals surface area contributed by atoms with E-state index in [0.29, 0.717) is 0 Å². The Bertz CT molecular complexity index is 761. The highest BCUT2D eigenvalue weighted by Crippen LogP contribution is 2.18. The smallest absolute Gasteiger partial charge is 0.179 e. The number of hydrogen-bond acceptors (Lipinski definition) is 3. The number of aromatic amines is 1. The van der Waals surface area contributed by atoms with Crippen molar-refractivity contribution in [3.63, 3.8) is 0 Å². The predicted molar refractivity (Wildman–Crippen MR) is 80.2 cm³/mol. The molecular formula is C13H18N6S. The molecule has 0 radical (unpaired) electrons. The second-order valence-electron chi connectivity index (χ2n) is 4.84. The van der Waals surface area contributed by atoms with Gasteiger partial charge in [-0.3, -0.25) is 0 Å². The van der Waals surface area contributed by atoms with Gasteiger partial charge >= 0.3 is 0 Å². The molecule has 0 amide bonds. The second kappa shape index (κ2) is 5.24. The van der Waals surface area contributed by atoms with Crippen molar-refractivity contribution in [2.24, 2.45) is 0 Å². The largest absolute Gasteiger partial charge is 0.337 e. The van der Waals surface area contributed by atoms with Crippen LogP contribution >= 0.6 is 12.2 Å². The highest BCUT2D eigenvalue weighted by atomic mass is 32.1. The molecule has 0 aliphatic heterocycles. The topological polar surface area (TPSA) is 56.4 Å². The molecular weight excluding hydrogens is 272 g/mol. The van der Waals surface area contributed by atoms with Crippen LogP contribution in [0.2, 0.25) is 0 Å². The van der Waals surface area contributed by atoms with Crippen LogP contribution in [0.1, 0.15) is 19.0 Å². The van der Waals surface area contributed by atoms with Gasteiger partial charge in [0.25, 0.3) is 0 Å². The monoisotopic (exact) mass is 290 g/mol. The van der Waals surface area contributed by atoms with Crippen LogP contribution in [-0.4, -0.2) is 28.9 Å². The van der Waals surface area contributed by atoms with Crippen LogP contribution < -0.4 is 0 Å². The highest BCUT2D eigenvalue weighted by molar-refractivity contribution is 7.71. The number of nitrogens with zero attached hydrogens (tertiary/aromatic N) is 5. The maximum absolute atomic E-state index is 5.43. The molecule has 0 fully saturated rings. The maximum Gasteiger partial charge on any atom is 0.179 e. The maximum atomic E-state index is 5.43. The Labute approximate surface area is 122 Å². The number of fused-ring (bicyclic) bond motifs is 1. The van der Waals surface area contributed by atoms with Gasteiger partial charge in [-0.05, 0) is 32.5 Å². The van der Waals surface area contributed by atoms with Gasteiger partial charge in [0.05, 0.1) is 12.0 Å². The summed E-state index contributed by atoms with van der Waals surface area (Å²) in [6, 6.07) is 0. The molecule has 0 saturated carbocycles. The molecule has 0 aromatic carbocycles. The number of aromatic nitrogens is 6. The summed E-state index contributed by atoms with van der Waals surface area (Å²) in [6.45, 7) is 6.77. The lowest BCUT2D eigenvalue weighted by Gasteiger charge is -2.06. The molecule has 3 aromatic rings. The standard InChI is InChI=1S/C13H18N6S/c1-3-19-12-11(10(2)16-19)15-13(20)18(12)7-4-6-17-8-5-14-9-17/h5,8-9H,3-4,6-7H2,1-2H3,(H,15,20). The van der Waals surface area contributed by atoms with Gasteiger partial charge in [0, 0.05) is 32.0 Å². The van der Waals surface area contributed by atoms with E-state index < -0.39 is 0 Å². The summed E-state index contributed by atoms with van der Waals surface area (Å²) in [5, 5.41) is 4.53. The molecule has 20 heavy (non-hydrogen) atoms. The van der Waals surface area contributed by atoms with E-state index in [1.165, 1.54) is 0 Å². The van der Waals surface area contributed by atoms with Crippen LogP contribution in [0.15, 0.2) is 18.7 Å². The van der Waals surface area contributed by atoms with Crippen molar-refractivity contribution in [1.82, 2.24) is 28.9 Å². The third-order valence-corrected chi connectivity index (χ3v) is 3.81. The molecule has 1 N–H and O–H groups in total. The van der Waals surface area contributed by atoms with Gasteiger partial charge in [-0.15, -0.1) is 0 Å². The van der Waals surface area contributed by atoms with Crippen LogP contribution in [0.5, 0.6) is 0 Å². The van der Waals surface area contributed by atoms with Gasteiger partial charge in [-0.25, -0.2) is 9.67 Å². The Morgan fingerprint density at radius 1 is 1.35 bits per heavy atom. The van der Waals surface area contributed by atoms with Crippen LogP contribution in [-0.2, 0) is 19.6 Å². The molecule has 3 aromatic heterocycles. The lowest BCUT2D eigenvalue weighted by atomic mass is 10.4. The summed E-state index contributed by atoms with van der Waals surface area (Å²) in [5.74, 6) is 0. The molecule has 0 bridgehead atoms. The minimum absolute atomic E-state index is 0.772.